The average molecular weight is 520 g/mol. The minimum absolute atomic E-state index is 0.0188. The van der Waals surface area contributed by atoms with E-state index in [0.29, 0.717) is 5.56 Å². The molecule has 1 aromatic rings. The van der Waals surface area contributed by atoms with Crippen molar-refractivity contribution in [3.8, 4) is 0 Å². The molecule has 1 saturated heterocycles. The van der Waals surface area contributed by atoms with Crippen molar-refractivity contribution in [1.29, 1.82) is 0 Å². The maximum atomic E-state index is 13.3. The molecule has 4 atom stereocenters. The largest absolute Gasteiger partial charge is 0.458 e. The lowest BCUT2D eigenvalue weighted by molar-refractivity contribution is -0.196. The third kappa shape index (κ3) is 6.45. The number of ether oxygens (including phenoxy) is 1. The molecule has 1 amide bonds. The molecule has 0 saturated carbocycles. The van der Waals surface area contributed by atoms with E-state index in [-0.39, 0.29) is 23.8 Å². The zero-order valence-corrected chi connectivity index (χ0v) is 23.1. The van der Waals surface area contributed by atoms with Gasteiger partial charge in [0.2, 0.25) is 12.1 Å². The van der Waals surface area contributed by atoms with E-state index in [0.717, 1.165) is 4.90 Å². The van der Waals surface area contributed by atoms with Crippen LogP contribution < -0.4 is 0 Å². The first-order chi connectivity index (χ1) is 16.8. The predicted molar refractivity (Wildman–Crippen MR) is 136 cm³/mol. The van der Waals surface area contributed by atoms with Gasteiger partial charge in [-0.25, -0.2) is 4.79 Å². The molecule has 0 aliphatic carbocycles. The van der Waals surface area contributed by atoms with Crippen LogP contribution in [0.5, 0.6) is 0 Å². The second kappa shape index (κ2) is 11.9. The van der Waals surface area contributed by atoms with Crippen molar-refractivity contribution in [1.82, 2.24) is 9.88 Å². The third-order valence-corrected chi connectivity index (χ3v) is 11.3. The molecule has 198 valence electrons. The van der Waals surface area contributed by atoms with Gasteiger partial charge in [0.15, 0.2) is 19.8 Å². The Kier molecular flexibility index (Phi) is 9.69. The van der Waals surface area contributed by atoms with Crippen LogP contribution in [0.2, 0.25) is 18.1 Å². The number of Topliss-reactive ketones (excluding diaryl/α,β-unsaturated/α-hetero) is 1. The Hall–Kier alpha value is -2.89. The predicted octanol–water partition coefficient (Wildman–Crippen LogP) is 2.68. The molecule has 10 nitrogen and oxygen atoms in total. The first kappa shape index (κ1) is 29.3. The normalized spacial score (nSPS) is 20.3. The van der Waals surface area contributed by atoms with Crippen LogP contribution in [-0.2, 0) is 28.4 Å². The van der Waals surface area contributed by atoms with E-state index >= 15 is 0 Å². The van der Waals surface area contributed by atoms with E-state index in [1.54, 1.807) is 25.3 Å². The Bertz CT molecular complexity index is 991. The van der Waals surface area contributed by atoms with Crippen molar-refractivity contribution < 1.29 is 33.5 Å². The van der Waals surface area contributed by atoms with Crippen LogP contribution in [0.15, 0.2) is 42.3 Å². The van der Waals surface area contributed by atoms with E-state index in [9.17, 15) is 19.5 Å². The number of amides is 1. The number of aliphatic hydroxyl groups is 1. The molecule has 36 heavy (non-hydrogen) atoms. The van der Waals surface area contributed by atoms with Crippen LogP contribution in [-0.4, -0.2) is 78.8 Å². The van der Waals surface area contributed by atoms with Gasteiger partial charge in [0, 0.05) is 24.4 Å². The van der Waals surface area contributed by atoms with Crippen molar-refractivity contribution >= 4 is 31.7 Å². The molecule has 1 fully saturated rings. The average Bonchev–Trinajstić information content (AvgIpc) is 2.79. The number of aliphatic hydroxyl groups excluding tert-OH is 1. The molecule has 0 spiro atoms. The molecule has 0 bridgehead atoms. The topological polar surface area (TPSA) is 128 Å². The molecule has 1 aliphatic rings. The van der Waals surface area contributed by atoms with Gasteiger partial charge in [0.05, 0.1) is 18.1 Å². The van der Waals surface area contributed by atoms with E-state index in [1.165, 1.54) is 19.4 Å². The number of β-lactam (4-membered cyclic amide) rings is 1. The number of hydrogen-bond acceptors (Lipinski definition) is 9. The zero-order valence-electron chi connectivity index (χ0n) is 22.1. The fourth-order valence-electron chi connectivity index (χ4n) is 3.82. The highest BCUT2D eigenvalue weighted by atomic mass is 28.4. The highest BCUT2D eigenvalue weighted by Gasteiger charge is 2.56. The van der Waals surface area contributed by atoms with Gasteiger partial charge >= 0.3 is 5.97 Å². The first-order valence-electron chi connectivity index (χ1n) is 11.8. The van der Waals surface area contributed by atoms with E-state index < -0.39 is 50.3 Å². The fraction of sp³-hybridized carbons (Fsp3) is 0.560. The molecule has 1 aromatic heterocycles. The number of pyridine rings is 1. The van der Waals surface area contributed by atoms with Crippen molar-refractivity contribution in [2.24, 2.45) is 11.1 Å². The summed E-state index contributed by atoms with van der Waals surface area (Å²) < 4.78 is 11.4. The van der Waals surface area contributed by atoms with Gasteiger partial charge in [0.25, 0.3) is 0 Å². The lowest BCUT2D eigenvalue weighted by Crippen LogP contribution is -2.70. The third-order valence-electron chi connectivity index (χ3n) is 6.70. The highest BCUT2D eigenvalue weighted by Crippen LogP contribution is 2.41. The summed E-state index contributed by atoms with van der Waals surface area (Å²) in [5.74, 6) is -2.69. The van der Waals surface area contributed by atoms with Gasteiger partial charge in [-0.2, -0.15) is 0 Å². The standard InChI is InChI=1S/C25H37N3O7Si/c1-9-13-34-24(32)23(31)28-18(14-19(29)21(27-33-6)17-11-10-12-26-15-17)20(22(28)30)16(2)35-36(7,8)25(3,4)5/h9-12,15-16,18,20,23,31H,1,13-14H2,2-8H3/b27-21+/t16-,18-,20-,23?/m1/s1. The van der Waals surface area contributed by atoms with Gasteiger partial charge in [0.1, 0.15) is 13.7 Å². The number of carbonyl (C=O) groups excluding carboxylic acids is 3. The summed E-state index contributed by atoms with van der Waals surface area (Å²) in [5, 5.41) is 14.4. The summed E-state index contributed by atoms with van der Waals surface area (Å²) in [7, 11) is -0.941. The zero-order chi connectivity index (χ0) is 27.3. The summed E-state index contributed by atoms with van der Waals surface area (Å²) >= 11 is 0. The lowest BCUT2D eigenvalue weighted by atomic mass is 9.79. The van der Waals surface area contributed by atoms with E-state index in [2.05, 4.69) is 50.6 Å². The Morgan fingerprint density at radius 3 is 2.56 bits per heavy atom. The summed E-state index contributed by atoms with van der Waals surface area (Å²) in [5.41, 5.74) is 0.458. The van der Waals surface area contributed by atoms with Gasteiger partial charge in [-0.05, 0) is 37.2 Å². The monoisotopic (exact) mass is 519 g/mol. The van der Waals surface area contributed by atoms with Crippen LogP contribution in [0, 0.1) is 5.92 Å². The molecule has 1 unspecified atom stereocenters. The Morgan fingerprint density at radius 2 is 2.03 bits per heavy atom. The van der Waals surface area contributed by atoms with Gasteiger partial charge < -0.3 is 24.0 Å². The number of aromatic nitrogens is 1. The molecule has 0 radical (unpaired) electrons. The minimum Gasteiger partial charge on any atom is -0.458 e. The molecule has 11 heteroatoms. The second-order valence-corrected chi connectivity index (χ2v) is 15.0. The number of ketones is 1. The van der Waals surface area contributed by atoms with Gasteiger partial charge in [-0.15, -0.1) is 0 Å². The number of nitrogens with zero attached hydrogens (tertiary/aromatic N) is 3. The smallest absolute Gasteiger partial charge is 0.356 e. The molecule has 1 aliphatic heterocycles. The SMILES string of the molecule is C=CCOC(=O)C(O)N1C(=O)[C@H]([C@@H](C)O[Si](C)(C)C(C)(C)C)[C@H]1CC(=O)/C(=N/OC)c1cccnc1. The fourth-order valence-corrected chi connectivity index (χ4v) is 5.25. The summed E-state index contributed by atoms with van der Waals surface area (Å²) in [6.07, 6.45) is 1.75. The van der Waals surface area contributed by atoms with Crippen LogP contribution >= 0.6 is 0 Å². The minimum atomic E-state index is -2.26. The van der Waals surface area contributed by atoms with Crippen LogP contribution in [0.4, 0.5) is 0 Å². The Labute approximate surface area is 213 Å². The molecular formula is C25H37N3O7Si. The van der Waals surface area contributed by atoms with Gasteiger partial charge in [-0.3, -0.25) is 14.6 Å². The molecular weight excluding hydrogens is 482 g/mol. The molecule has 1 N–H and O–H groups in total. The maximum Gasteiger partial charge on any atom is 0.356 e. The number of likely N-dealkylation sites (tertiary alicyclic amines) is 1. The first-order valence-corrected chi connectivity index (χ1v) is 14.7. The number of esters is 1. The van der Waals surface area contributed by atoms with Crippen molar-refractivity contribution in [3.05, 3.63) is 42.7 Å². The Balaban J connectivity index is 2.37. The molecule has 2 rings (SSSR count). The van der Waals surface area contributed by atoms with Crippen LogP contribution in [0.1, 0.15) is 39.7 Å². The van der Waals surface area contributed by atoms with Crippen molar-refractivity contribution in [2.75, 3.05) is 13.7 Å². The van der Waals surface area contributed by atoms with Crippen molar-refractivity contribution in [3.63, 3.8) is 0 Å². The second-order valence-electron chi connectivity index (χ2n) is 10.2. The molecule has 2 heterocycles. The quantitative estimate of drug-likeness (QED) is 0.111. The number of hydrogen-bond donors (Lipinski definition) is 1. The number of carbonyl (C=O) groups is 3. The summed E-state index contributed by atoms with van der Waals surface area (Å²) in [6.45, 7) is 15.5. The van der Waals surface area contributed by atoms with E-state index in [4.69, 9.17) is 14.0 Å². The van der Waals surface area contributed by atoms with E-state index in [1.807, 2.05) is 0 Å². The Morgan fingerprint density at radius 1 is 1.36 bits per heavy atom. The number of oxime groups is 1. The van der Waals surface area contributed by atoms with Crippen LogP contribution in [0.25, 0.3) is 0 Å². The molecule has 0 aromatic carbocycles. The van der Waals surface area contributed by atoms with Gasteiger partial charge in [-0.1, -0.05) is 38.6 Å². The van der Waals surface area contributed by atoms with Crippen LogP contribution in [0.3, 0.4) is 0 Å². The maximum absolute atomic E-state index is 13.3. The lowest BCUT2D eigenvalue weighted by Gasteiger charge is -2.52. The van der Waals surface area contributed by atoms with Crippen molar-refractivity contribution in [2.45, 2.75) is 70.6 Å². The highest BCUT2D eigenvalue weighted by molar-refractivity contribution is 6.74. The summed E-state index contributed by atoms with van der Waals surface area (Å²) in [6, 6.07) is 2.49. The summed E-state index contributed by atoms with van der Waals surface area (Å²) in [4.78, 5) is 48.8. The number of rotatable bonds is 12.